The van der Waals surface area contributed by atoms with E-state index in [1.54, 1.807) is 24.4 Å². The molecular weight excluding hydrogens is 427 g/mol. The molecule has 1 amide bonds. The maximum Gasteiger partial charge on any atom is 0.252 e. The Morgan fingerprint density at radius 2 is 2.22 bits per heavy atom. The molecule has 0 aliphatic heterocycles. The molecule has 2 aromatic rings. The molecule has 122 valence electrons. The van der Waals surface area contributed by atoms with Crippen LogP contribution in [0.5, 0.6) is 5.88 Å². The molecule has 4 nitrogen and oxygen atoms in total. The molecule has 1 N–H and O–H groups in total. The second-order valence-corrected chi connectivity index (χ2v) is 6.58. The maximum atomic E-state index is 12.3. The van der Waals surface area contributed by atoms with Gasteiger partial charge in [-0.05, 0) is 53.3 Å². The fraction of sp³-hybridized carbons (Fsp3) is 0.294. The summed E-state index contributed by atoms with van der Waals surface area (Å²) < 4.78 is 6.49. The van der Waals surface area contributed by atoms with Crippen LogP contribution in [-0.2, 0) is 6.54 Å². The highest BCUT2D eigenvalue weighted by Gasteiger charge is 2.12. The summed E-state index contributed by atoms with van der Waals surface area (Å²) in [5.74, 6) is 0.432. The van der Waals surface area contributed by atoms with Crippen LogP contribution in [0.4, 0.5) is 0 Å². The summed E-state index contributed by atoms with van der Waals surface area (Å²) in [6, 6.07) is 8.94. The van der Waals surface area contributed by atoms with E-state index >= 15 is 0 Å². The van der Waals surface area contributed by atoms with Gasteiger partial charge in [-0.15, -0.1) is 0 Å². The third kappa shape index (κ3) is 5.35. The molecule has 0 spiro atoms. The number of carbonyl (C=O) groups is 1. The van der Waals surface area contributed by atoms with Gasteiger partial charge in [-0.2, -0.15) is 0 Å². The molecule has 1 aromatic carbocycles. The Morgan fingerprint density at radius 3 is 2.96 bits per heavy atom. The molecule has 23 heavy (non-hydrogen) atoms. The minimum atomic E-state index is -0.144. The quantitative estimate of drug-likeness (QED) is 0.507. The van der Waals surface area contributed by atoms with Crippen molar-refractivity contribution >= 4 is 40.1 Å². The molecule has 0 saturated carbocycles. The number of benzene rings is 1. The summed E-state index contributed by atoms with van der Waals surface area (Å²) in [6.45, 7) is 3.10. The number of nitrogens with zero attached hydrogens (tertiary/aromatic N) is 1. The number of amides is 1. The van der Waals surface area contributed by atoms with Crippen molar-refractivity contribution in [3.63, 3.8) is 0 Å². The zero-order valence-electron chi connectivity index (χ0n) is 12.8. The number of carbonyl (C=O) groups excluding carboxylic acids is 1. The Kier molecular flexibility index (Phi) is 7.11. The minimum Gasteiger partial charge on any atom is -0.477 e. The fourth-order valence-electron chi connectivity index (χ4n) is 1.95. The molecule has 6 heteroatoms. The Labute approximate surface area is 154 Å². The lowest BCUT2D eigenvalue weighted by molar-refractivity contribution is 0.0949. The van der Waals surface area contributed by atoms with Crippen LogP contribution in [0, 0.1) is 3.57 Å². The minimum absolute atomic E-state index is 0.144. The van der Waals surface area contributed by atoms with Gasteiger partial charge in [0.2, 0.25) is 5.88 Å². The third-order valence-corrected chi connectivity index (χ3v) is 4.33. The van der Waals surface area contributed by atoms with Gasteiger partial charge in [0.15, 0.2) is 0 Å². The second-order valence-electron chi connectivity index (χ2n) is 4.98. The Bertz CT molecular complexity index is 679. The zero-order valence-corrected chi connectivity index (χ0v) is 15.7. The van der Waals surface area contributed by atoms with Crippen molar-refractivity contribution in [3.8, 4) is 5.88 Å². The van der Waals surface area contributed by atoms with Crippen molar-refractivity contribution in [2.24, 2.45) is 0 Å². The summed E-state index contributed by atoms with van der Waals surface area (Å²) in [5.41, 5.74) is 1.47. The maximum absolute atomic E-state index is 12.3. The summed E-state index contributed by atoms with van der Waals surface area (Å²) in [5, 5.41) is 3.52. The van der Waals surface area contributed by atoms with Crippen LogP contribution in [-0.4, -0.2) is 17.5 Å². The average Bonchev–Trinajstić information content (AvgIpc) is 2.54. The first-order valence-corrected chi connectivity index (χ1v) is 8.87. The summed E-state index contributed by atoms with van der Waals surface area (Å²) in [7, 11) is 0. The van der Waals surface area contributed by atoms with Gasteiger partial charge in [-0.3, -0.25) is 4.79 Å². The lowest BCUT2D eigenvalue weighted by atomic mass is 10.2. The van der Waals surface area contributed by atoms with E-state index in [9.17, 15) is 4.79 Å². The molecule has 0 unspecified atom stereocenters. The van der Waals surface area contributed by atoms with Gasteiger partial charge in [0.05, 0.1) is 12.2 Å². The topological polar surface area (TPSA) is 51.2 Å². The van der Waals surface area contributed by atoms with E-state index < -0.39 is 0 Å². The predicted octanol–water partition coefficient (Wildman–Crippen LogP) is 4.45. The monoisotopic (exact) mass is 444 g/mol. The molecule has 1 heterocycles. The Hall–Kier alpha value is -1.34. The van der Waals surface area contributed by atoms with Crippen LogP contribution in [0.2, 0.25) is 5.02 Å². The molecule has 0 fully saturated rings. The van der Waals surface area contributed by atoms with Gasteiger partial charge >= 0.3 is 0 Å². The number of rotatable bonds is 7. The van der Waals surface area contributed by atoms with E-state index in [0.29, 0.717) is 29.6 Å². The number of halogens is 2. The van der Waals surface area contributed by atoms with E-state index in [0.717, 1.165) is 22.0 Å². The van der Waals surface area contributed by atoms with Crippen molar-refractivity contribution in [3.05, 3.63) is 56.2 Å². The van der Waals surface area contributed by atoms with Crippen LogP contribution in [0.3, 0.4) is 0 Å². The lowest BCUT2D eigenvalue weighted by Crippen LogP contribution is -2.24. The van der Waals surface area contributed by atoms with Crippen LogP contribution >= 0.6 is 34.2 Å². The van der Waals surface area contributed by atoms with Crippen LogP contribution in [0.15, 0.2) is 36.5 Å². The molecule has 0 aliphatic rings. The van der Waals surface area contributed by atoms with E-state index in [2.05, 4.69) is 39.8 Å². The van der Waals surface area contributed by atoms with E-state index in [4.69, 9.17) is 16.3 Å². The van der Waals surface area contributed by atoms with Crippen molar-refractivity contribution in [2.75, 3.05) is 6.61 Å². The van der Waals surface area contributed by atoms with Crippen LogP contribution in [0.25, 0.3) is 0 Å². The highest BCUT2D eigenvalue weighted by atomic mass is 127. The number of nitrogens with one attached hydrogen (secondary N) is 1. The smallest absolute Gasteiger partial charge is 0.252 e. The predicted molar refractivity (Wildman–Crippen MR) is 100.0 cm³/mol. The van der Waals surface area contributed by atoms with Crippen molar-refractivity contribution in [2.45, 2.75) is 26.3 Å². The van der Waals surface area contributed by atoms with Gasteiger partial charge in [-0.1, -0.05) is 31.0 Å². The van der Waals surface area contributed by atoms with Gasteiger partial charge < -0.3 is 10.1 Å². The van der Waals surface area contributed by atoms with Crippen molar-refractivity contribution in [1.29, 1.82) is 0 Å². The van der Waals surface area contributed by atoms with Crippen molar-refractivity contribution < 1.29 is 9.53 Å². The second kappa shape index (κ2) is 9.08. The number of pyridine rings is 1. The molecule has 0 radical (unpaired) electrons. The number of hydrogen-bond acceptors (Lipinski definition) is 3. The van der Waals surface area contributed by atoms with Crippen molar-refractivity contribution in [1.82, 2.24) is 10.3 Å². The first-order valence-electron chi connectivity index (χ1n) is 7.41. The Morgan fingerprint density at radius 1 is 1.39 bits per heavy atom. The molecular formula is C17H18ClIN2O2. The summed E-state index contributed by atoms with van der Waals surface area (Å²) in [6.07, 6.45) is 3.73. The largest absolute Gasteiger partial charge is 0.477 e. The lowest BCUT2D eigenvalue weighted by Gasteiger charge is -2.11. The average molecular weight is 445 g/mol. The molecule has 1 aromatic heterocycles. The zero-order chi connectivity index (χ0) is 16.7. The number of ether oxygens (including phenoxy) is 1. The normalized spacial score (nSPS) is 10.4. The SMILES string of the molecule is CCCCOc1ncccc1CNC(=O)c1ccc(Cl)cc1I. The standard InChI is InChI=1S/C17H18ClIN2O2/c1-2-3-9-23-17-12(5-4-8-20-17)11-21-16(22)14-7-6-13(18)10-15(14)19/h4-8,10H,2-3,9,11H2,1H3,(H,21,22). The first kappa shape index (κ1) is 18.0. The van der Waals surface area contributed by atoms with Gasteiger partial charge in [0, 0.05) is 26.9 Å². The van der Waals surface area contributed by atoms with E-state index in [-0.39, 0.29) is 5.91 Å². The number of aromatic nitrogens is 1. The fourth-order valence-corrected chi connectivity index (χ4v) is 3.06. The molecule has 2 rings (SSSR count). The molecule has 0 bridgehead atoms. The van der Waals surface area contributed by atoms with Crippen LogP contribution in [0.1, 0.15) is 35.7 Å². The highest BCUT2D eigenvalue weighted by Crippen LogP contribution is 2.19. The molecule has 0 aliphatic carbocycles. The number of hydrogen-bond donors (Lipinski definition) is 1. The first-order chi connectivity index (χ1) is 11.1. The summed E-state index contributed by atoms with van der Waals surface area (Å²) in [4.78, 5) is 16.5. The Balaban J connectivity index is 2.01. The van der Waals surface area contributed by atoms with Gasteiger partial charge in [-0.25, -0.2) is 4.98 Å². The highest BCUT2D eigenvalue weighted by molar-refractivity contribution is 14.1. The van der Waals surface area contributed by atoms with E-state index in [1.165, 1.54) is 0 Å². The van der Waals surface area contributed by atoms with Gasteiger partial charge in [0.25, 0.3) is 5.91 Å². The molecule has 0 atom stereocenters. The third-order valence-electron chi connectivity index (χ3n) is 3.20. The summed E-state index contributed by atoms with van der Waals surface area (Å²) >= 11 is 8.02. The number of unbranched alkanes of at least 4 members (excludes halogenated alkanes) is 1. The van der Waals surface area contributed by atoms with Crippen LogP contribution < -0.4 is 10.1 Å². The molecule has 0 saturated heterocycles. The van der Waals surface area contributed by atoms with Gasteiger partial charge in [0.1, 0.15) is 0 Å². The van der Waals surface area contributed by atoms with E-state index in [1.807, 2.05) is 12.1 Å².